The van der Waals surface area contributed by atoms with E-state index in [2.05, 4.69) is 11.6 Å². The molecule has 1 aromatic rings. The van der Waals surface area contributed by atoms with E-state index in [-0.39, 0.29) is 5.91 Å². The van der Waals surface area contributed by atoms with E-state index in [9.17, 15) is 13.2 Å². The van der Waals surface area contributed by atoms with Crippen molar-refractivity contribution in [1.82, 2.24) is 4.31 Å². The first-order valence-corrected chi connectivity index (χ1v) is 9.48. The molecule has 126 valence electrons. The van der Waals surface area contributed by atoms with Gasteiger partial charge in [0, 0.05) is 32.2 Å². The number of nitrogens with zero attached hydrogens (tertiary/aromatic N) is 2. The number of anilines is 2. The zero-order valence-electron chi connectivity index (χ0n) is 13.6. The largest absolute Gasteiger partial charge is 0.315 e. The molecule has 2 aliphatic rings. The first-order valence-electron chi connectivity index (χ1n) is 8.04. The van der Waals surface area contributed by atoms with Crippen LogP contribution in [-0.4, -0.2) is 38.8 Å². The van der Waals surface area contributed by atoms with Crippen LogP contribution in [0.5, 0.6) is 0 Å². The topological polar surface area (TPSA) is 69.7 Å². The van der Waals surface area contributed by atoms with Crippen LogP contribution in [0, 0.1) is 5.92 Å². The van der Waals surface area contributed by atoms with Gasteiger partial charge in [0.1, 0.15) is 0 Å². The molecule has 0 radical (unpaired) electrons. The Labute approximate surface area is 137 Å². The summed E-state index contributed by atoms with van der Waals surface area (Å²) in [6.45, 7) is 3.22. The van der Waals surface area contributed by atoms with E-state index in [0.717, 1.165) is 24.1 Å². The highest BCUT2D eigenvalue weighted by Crippen LogP contribution is 2.30. The summed E-state index contributed by atoms with van der Waals surface area (Å²) in [4.78, 5) is 13.3. The van der Waals surface area contributed by atoms with Crippen LogP contribution in [0.1, 0.15) is 31.7 Å². The molecule has 23 heavy (non-hydrogen) atoms. The Morgan fingerprint density at radius 1 is 1.26 bits per heavy atom. The standard InChI is InChI=1S/C16H23N3O3S/c1-12-4-3-9-19(11-12)23(21,22)17-14-6-7-15-13(10-14)5-8-16(20)18(15)2/h6-7,10,12,17H,3-5,8-9,11H2,1-2H3. The average Bonchev–Trinajstić information content (AvgIpc) is 2.51. The summed E-state index contributed by atoms with van der Waals surface area (Å²) in [7, 11) is -1.77. The van der Waals surface area contributed by atoms with E-state index in [4.69, 9.17) is 0 Å². The van der Waals surface area contributed by atoms with Crippen molar-refractivity contribution in [3.8, 4) is 0 Å². The number of rotatable bonds is 3. The molecule has 3 rings (SSSR count). The van der Waals surface area contributed by atoms with Crippen molar-refractivity contribution in [2.75, 3.05) is 29.8 Å². The number of aryl methyl sites for hydroxylation is 1. The fourth-order valence-electron chi connectivity index (χ4n) is 3.30. The van der Waals surface area contributed by atoms with Gasteiger partial charge in [-0.2, -0.15) is 12.7 Å². The van der Waals surface area contributed by atoms with Gasteiger partial charge in [-0.25, -0.2) is 0 Å². The van der Waals surface area contributed by atoms with Crippen molar-refractivity contribution >= 4 is 27.5 Å². The van der Waals surface area contributed by atoms with Crippen molar-refractivity contribution in [2.24, 2.45) is 5.92 Å². The third kappa shape index (κ3) is 3.35. The second-order valence-corrected chi connectivity index (χ2v) is 8.18. The molecule has 7 heteroatoms. The summed E-state index contributed by atoms with van der Waals surface area (Å²) in [5.74, 6) is 0.483. The van der Waals surface area contributed by atoms with Gasteiger partial charge in [0.05, 0.1) is 5.69 Å². The highest BCUT2D eigenvalue weighted by molar-refractivity contribution is 7.90. The number of hydrogen-bond donors (Lipinski definition) is 1. The van der Waals surface area contributed by atoms with Gasteiger partial charge < -0.3 is 4.90 Å². The Balaban J connectivity index is 1.79. The molecular weight excluding hydrogens is 314 g/mol. The van der Waals surface area contributed by atoms with Crippen LogP contribution in [-0.2, 0) is 21.4 Å². The van der Waals surface area contributed by atoms with Gasteiger partial charge in [0.2, 0.25) is 5.91 Å². The van der Waals surface area contributed by atoms with Gasteiger partial charge in [0.25, 0.3) is 0 Å². The third-order valence-corrected chi connectivity index (χ3v) is 6.13. The minimum absolute atomic E-state index is 0.0909. The molecule has 0 spiro atoms. The van der Waals surface area contributed by atoms with Gasteiger partial charge in [-0.3, -0.25) is 9.52 Å². The molecule has 1 fully saturated rings. The SMILES string of the molecule is CC1CCCN(S(=O)(=O)Nc2ccc3c(c2)CCC(=O)N3C)C1. The lowest BCUT2D eigenvalue weighted by atomic mass is 10.0. The molecule has 1 unspecified atom stereocenters. The van der Waals surface area contributed by atoms with E-state index in [0.29, 0.717) is 37.5 Å². The van der Waals surface area contributed by atoms with E-state index in [1.54, 1.807) is 18.0 Å². The quantitative estimate of drug-likeness (QED) is 0.917. The second-order valence-electron chi connectivity index (χ2n) is 6.51. The monoisotopic (exact) mass is 337 g/mol. The maximum atomic E-state index is 12.5. The molecular formula is C16H23N3O3S. The summed E-state index contributed by atoms with van der Waals surface area (Å²) < 4.78 is 29.3. The number of piperidine rings is 1. The molecule has 1 N–H and O–H groups in total. The molecule has 6 nitrogen and oxygen atoms in total. The Bertz CT molecular complexity index is 717. The Morgan fingerprint density at radius 2 is 2.04 bits per heavy atom. The predicted octanol–water partition coefficient (Wildman–Crippen LogP) is 1.98. The number of nitrogens with one attached hydrogen (secondary N) is 1. The van der Waals surface area contributed by atoms with E-state index in [1.807, 2.05) is 12.1 Å². The van der Waals surface area contributed by atoms with Crippen LogP contribution in [0.4, 0.5) is 11.4 Å². The maximum Gasteiger partial charge on any atom is 0.301 e. The lowest BCUT2D eigenvalue weighted by molar-refractivity contribution is -0.118. The zero-order chi connectivity index (χ0) is 16.6. The first-order chi connectivity index (χ1) is 10.9. The highest BCUT2D eigenvalue weighted by atomic mass is 32.2. The molecule has 0 saturated carbocycles. The summed E-state index contributed by atoms with van der Waals surface area (Å²) in [5.41, 5.74) is 2.42. The fourth-order valence-corrected chi connectivity index (χ4v) is 4.67. The molecule has 0 aliphatic carbocycles. The van der Waals surface area contributed by atoms with Crippen molar-refractivity contribution in [1.29, 1.82) is 0 Å². The molecule has 1 saturated heterocycles. The molecule has 1 aromatic carbocycles. The van der Waals surface area contributed by atoms with Crippen molar-refractivity contribution in [3.05, 3.63) is 23.8 Å². The summed E-state index contributed by atoms with van der Waals surface area (Å²) in [6, 6.07) is 5.37. The van der Waals surface area contributed by atoms with Gasteiger partial charge in [-0.05, 0) is 48.9 Å². The number of amides is 1. The fraction of sp³-hybridized carbons (Fsp3) is 0.562. The number of fused-ring (bicyclic) bond motifs is 1. The highest BCUT2D eigenvalue weighted by Gasteiger charge is 2.27. The van der Waals surface area contributed by atoms with E-state index in [1.165, 1.54) is 4.31 Å². The van der Waals surface area contributed by atoms with Gasteiger partial charge in [-0.1, -0.05) is 6.92 Å². The summed E-state index contributed by atoms with van der Waals surface area (Å²) in [6.07, 6.45) is 3.09. The van der Waals surface area contributed by atoms with Crippen LogP contribution in [0.3, 0.4) is 0 Å². The Hall–Kier alpha value is -1.60. The molecule has 1 amide bonds. The van der Waals surface area contributed by atoms with Crippen LogP contribution in [0.25, 0.3) is 0 Å². The van der Waals surface area contributed by atoms with Crippen LogP contribution in [0.15, 0.2) is 18.2 Å². The van der Waals surface area contributed by atoms with Crippen molar-refractivity contribution in [2.45, 2.75) is 32.6 Å². The second kappa shape index (κ2) is 6.13. The third-order valence-electron chi connectivity index (χ3n) is 4.63. The van der Waals surface area contributed by atoms with Crippen LogP contribution < -0.4 is 9.62 Å². The van der Waals surface area contributed by atoms with Crippen molar-refractivity contribution < 1.29 is 13.2 Å². The smallest absolute Gasteiger partial charge is 0.301 e. The number of carbonyl (C=O) groups is 1. The molecule has 0 aromatic heterocycles. The van der Waals surface area contributed by atoms with Gasteiger partial charge >= 0.3 is 10.2 Å². The minimum Gasteiger partial charge on any atom is -0.315 e. The number of carbonyl (C=O) groups excluding carboxylic acids is 1. The average molecular weight is 337 g/mol. The number of hydrogen-bond acceptors (Lipinski definition) is 3. The molecule has 2 aliphatic heterocycles. The first kappa shape index (κ1) is 16.3. The zero-order valence-corrected chi connectivity index (χ0v) is 14.4. The normalized spacial score (nSPS) is 22.8. The molecule has 1 atom stereocenters. The molecule has 0 bridgehead atoms. The van der Waals surface area contributed by atoms with E-state index >= 15 is 0 Å². The maximum absolute atomic E-state index is 12.5. The predicted molar refractivity (Wildman–Crippen MR) is 90.7 cm³/mol. The minimum atomic E-state index is -3.52. The lowest BCUT2D eigenvalue weighted by Gasteiger charge is -2.30. The van der Waals surface area contributed by atoms with Crippen LogP contribution in [0.2, 0.25) is 0 Å². The molecule has 2 heterocycles. The lowest BCUT2D eigenvalue weighted by Crippen LogP contribution is -2.42. The summed E-state index contributed by atoms with van der Waals surface area (Å²) >= 11 is 0. The Kier molecular flexibility index (Phi) is 4.33. The number of benzene rings is 1. The van der Waals surface area contributed by atoms with E-state index < -0.39 is 10.2 Å². The van der Waals surface area contributed by atoms with Gasteiger partial charge in [0.15, 0.2) is 0 Å². The van der Waals surface area contributed by atoms with Crippen molar-refractivity contribution in [3.63, 3.8) is 0 Å². The van der Waals surface area contributed by atoms with Crippen LogP contribution >= 0.6 is 0 Å². The van der Waals surface area contributed by atoms with Gasteiger partial charge in [-0.15, -0.1) is 0 Å². The Morgan fingerprint density at radius 3 is 2.78 bits per heavy atom. The summed E-state index contributed by atoms with van der Waals surface area (Å²) in [5, 5.41) is 0.